The Morgan fingerprint density at radius 1 is 1.28 bits per heavy atom. The van der Waals surface area contributed by atoms with Crippen molar-refractivity contribution in [1.82, 2.24) is 14.3 Å². The minimum atomic E-state index is -0.452. The van der Waals surface area contributed by atoms with Crippen molar-refractivity contribution in [3.05, 3.63) is 52.7 Å². The van der Waals surface area contributed by atoms with Gasteiger partial charge in [-0.3, -0.25) is 14.2 Å². The lowest BCUT2D eigenvalue weighted by Crippen LogP contribution is -2.37. The van der Waals surface area contributed by atoms with Gasteiger partial charge in [0.1, 0.15) is 17.9 Å². The lowest BCUT2D eigenvalue weighted by atomic mass is 10.2. The lowest BCUT2D eigenvalue weighted by molar-refractivity contribution is -0.122. The fourth-order valence-corrected chi connectivity index (χ4v) is 3.32. The van der Waals surface area contributed by atoms with Crippen molar-refractivity contribution in [2.45, 2.75) is 25.5 Å². The molecule has 1 aliphatic heterocycles. The summed E-state index contributed by atoms with van der Waals surface area (Å²) >= 11 is 0. The summed E-state index contributed by atoms with van der Waals surface area (Å²) < 4.78 is 22.2. The summed E-state index contributed by atoms with van der Waals surface area (Å²) in [6.07, 6.45) is 3.70. The SMILES string of the molecule is O=C(Cn1c(=O)c2cccn2c2ccc(F)cc21)NCC1CCCO1. The Morgan fingerprint density at radius 3 is 2.96 bits per heavy atom. The van der Waals surface area contributed by atoms with Crippen LogP contribution in [-0.2, 0) is 16.1 Å². The van der Waals surface area contributed by atoms with Gasteiger partial charge in [-0.05, 0) is 43.2 Å². The molecule has 1 atom stereocenters. The summed E-state index contributed by atoms with van der Waals surface area (Å²) in [6.45, 7) is 0.981. The number of ether oxygens (including phenoxy) is 1. The van der Waals surface area contributed by atoms with Gasteiger partial charge >= 0.3 is 0 Å². The van der Waals surface area contributed by atoms with Crippen molar-refractivity contribution in [3.8, 4) is 0 Å². The zero-order valence-corrected chi connectivity index (χ0v) is 13.6. The largest absolute Gasteiger partial charge is 0.376 e. The molecule has 1 saturated heterocycles. The highest BCUT2D eigenvalue weighted by Crippen LogP contribution is 2.17. The first-order valence-corrected chi connectivity index (χ1v) is 8.31. The van der Waals surface area contributed by atoms with Gasteiger partial charge in [-0.25, -0.2) is 4.39 Å². The summed E-state index contributed by atoms with van der Waals surface area (Å²) in [6, 6.07) is 7.67. The number of carbonyl (C=O) groups excluding carboxylic acids is 1. The Labute approximate surface area is 142 Å². The number of hydrogen-bond acceptors (Lipinski definition) is 3. The normalized spacial score (nSPS) is 17.4. The first-order valence-electron chi connectivity index (χ1n) is 8.31. The molecule has 1 amide bonds. The molecule has 1 aromatic carbocycles. The number of rotatable bonds is 4. The van der Waals surface area contributed by atoms with Crippen LogP contribution >= 0.6 is 0 Å². The molecule has 3 heterocycles. The molecular weight excluding hydrogens is 325 g/mol. The summed E-state index contributed by atoms with van der Waals surface area (Å²) in [5.74, 6) is -0.744. The summed E-state index contributed by atoms with van der Waals surface area (Å²) in [4.78, 5) is 25.0. The quantitative estimate of drug-likeness (QED) is 0.784. The number of hydrogen-bond donors (Lipinski definition) is 1. The van der Waals surface area contributed by atoms with E-state index in [9.17, 15) is 14.0 Å². The van der Waals surface area contributed by atoms with Crippen molar-refractivity contribution in [3.63, 3.8) is 0 Å². The highest BCUT2D eigenvalue weighted by molar-refractivity contribution is 5.82. The first kappa shape index (κ1) is 15.8. The van der Waals surface area contributed by atoms with Crippen LogP contribution in [-0.4, -0.2) is 34.1 Å². The van der Waals surface area contributed by atoms with E-state index in [0.29, 0.717) is 23.1 Å². The molecule has 1 fully saturated rings. The molecular formula is C18H18FN3O3. The van der Waals surface area contributed by atoms with Crippen molar-refractivity contribution >= 4 is 22.5 Å². The highest BCUT2D eigenvalue weighted by Gasteiger charge is 2.18. The summed E-state index contributed by atoms with van der Waals surface area (Å²) in [5, 5.41) is 2.80. The Hall–Kier alpha value is -2.67. The zero-order chi connectivity index (χ0) is 17.4. The van der Waals surface area contributed by atoms with Gasteiger partial charge in [0.05, 0.1) is 17.1 Å². The van der Waals surface area contributed by atoms with Gasteiger partial charge < -0.3 is 14.5 Å². The molecule has 1 aliphatic rings. The van der Waals surface area contributed by atoms with E-state index in [4.69, 9.17) is 4.74 Å². The van der Waals surface area contributed by atoms with E-state index in [1.54, 1.807) is 28.8 Å². The van der Waals surface area contributed by atoms with Crippen LogP contribution in [0.1, 0.15) is 12.8 Å². The predicted octanol–water partition coefficient (Wildman–Crippen LogP) is 1.69. The number of aromatic nitrogens is 2. The molecule has 0 aliphatic carbocycles. The molecule has 130 valence electrons. The molecule has 1 N–H and O–H groups in total. The topological polar surface area (TPSA) is 64.7 Å². The molecule has 0 saturated carbocycles. The van der Waals surface area contributed by atoms with Crippen molar-refractivity contribution in [2.75, 3.05) is 13.2 Å². The van der Waals surface area contributed by atoms with Crippen LogP contribution in [0.25, 0.3) is 16.6 Å². The first-order chi connectivity index (χ1) is 12.1. The monoisotopic (exact) mass is 343 g/mol. The Kier molecular flexibility index (Phi) is 4.01. The van der Waals surface area contributed by atoms with Crippen molar-refractivity contribution in [2.24, 2.45) is 0 Å². The van der Waals surface area contributed by atoms with E-state index in [0.717, 1.165) is 19.4 Å². The van der Waals surface area contributed by atoms with Crippen LogP contribution < -0.4 is 10.9 Å². The number of fused-ring (bicyclic) bond motifs is 3. The molecule has 0 bridgehead atoms. The van der Waals surface area contributed by atoms with E-state index in [2.05, 4.69) is 5.32 Å². The maximum absolute atomic E-state index is 13.7. The number of carbonyl (C=O) groups is 1. The maximum Gasteiger partial charge on any atom is 0.275 e. The fraction of sp³-hybridized carbons (Fsp3) is 0.333. The average molecular weight is 343 g/mol. The molecule has 2 aromatic heterocycles. The molecule has 0 radical (unpaired) electrons. The second-order valence-electron chi connectivity index (χ2n) is 6.23. The average Bonchev–Trinajstić information content (AvgIpc) is 3.28. The number of amides is 1. The van der Waals surface area contributed by atoms with Gasteiger partial charge in [0.15, 0.2) is 0 Å². The Balaban J connectivity index is 1.69. The van der Waals surface area contributed by atoms with E-state index < -0.39 is 5.82 Å². The van der Waals surface area contributed by atoms with Crippen LogP contribution in [0.15, 0.2) is 41.3 Å². The van der Waals surface area contributed by atoms with Crippen molar-refractivity contribution < 1.29 is 13.9 Å². The molecule has 25 heavy (non-hydrogen) atoms. The minimum absolute atomic E-state index is 0.0305. The number of halogens is 1. The molecule has 4 rings (SSSR count). The third-order valence-corrected chi connectivity index (χ3v) is 4.55. The second kappa shape index (κ2) is 6.33. The van der Waals surface area contributed by atoms with Crippen molar-refractivity contribution in [1.29, 1.82) is 0 Å². The van der Waals surface area contributed by atoms with Gasteiger partial charge in [0.2, 0.25) is 5.91 Å². The van der Waals surface area contributed by atoms with Gasteiger partial charge in [-0.1, -0.05) is 0 Å². The van der Waals surface area contributed by atoms with Crippen LogP contribution in [0.4, 0.5) is 4.39 Å². The second-order valence-corrected chi connectivity index (χ2v) is 6.23. The Bertz CT molecular complexity index is 1000. The van der Waals surface area contributed by atoms with Gasteiger partial charge in [0.25, 0.3) is 5.56 Å². The number of nitrogens with zero attached hydrogens (tertiary/aromatic N) is 2. The lowest BCUT2D eigenvalue weighted by Gasteiger charge is -2.14. The third-order valence-electron chi connectivity index (χ3n) is 4.55. The molecule has 3 aromatic rings. The van der Waals surface area contributed by atoms with Crippen LogP contribution in [0, 0.1) is 5.82 Å². The standard InChI is InChI=1S/C18H18FN3O3/c19-12-5-6-14-16(9-12)22(18(24)15-4-1-7-21(14)15)11-17(23)20-10-13-3-2-8-25-13/h1,4-7,9,13H,2-3,8,10-11H2,(H,20,23). The number of nitrogens with one attached hydrogen (secondary N) is 1. The van der Waals surface area contributed by atoms with Crippen LogP contribution in [0.5, 0.6) is 0 Å². The zero-order valence-electron chi connectivity index (χ0n) is 13.6. The van der Waals surface area contributed by atoms with Gasteiger partial charge in [-0.15, -0.1) is 0 Å². The summed E-state index contributed by atoms with van der Waals surface area (Å²) in [7, 11) is 0. The van der Waals surface area contributed by atoms with Gasteiger partial charge in [-0.2, -0.15) is 0 Å². The predicted molar refractivity (Wildman–Crippen MR) is 91.1 cm³/mol. The van der Waals surface area contributed by atoms with Crippen LogP contribution in [0.2, 0.25) is 0 Å². The van der Waals surface area contributed by atoms with E-state index in [1.807, 2.05) is 0 Å². The smallest absolute Gasteiger partial charge is 0.275 e. The molecule has 7 heteroatoms. The number of benzene rings is 1. The third kappa shape index (κ3) is 2.91. The van der Waals surface area contributed by atoms with E-state index in [1.165, 1.54) is 16.7 Å². The van der Waals surface area contributed by atoms with E-state index >= 15 is 0 Å². The summed E-state index contributed by atoms with van der Waals surface area (Å²) in [5.41, 5.74) is 1.19. The van der Waals surface area contributed by atoms with E-state index in [-0.39, 0.29) is 24.1 Å². The van der Waals surface area contributed by atoms with Gasteiger partial charge in [0, 0.05) is 19.3 Å². The molecule has 6 nitrogen and oxygen atoms in total. The van der Waals surface area contributed by atoms with Crippen LogP contribution in [0.3, 0.4) is 0 Å². The minimum Gasteiger partial charge on any atom is -0.376 e. The molecule has 0 spiro atoms. The Morgan fingerprint density at radius 2 is 2.16 bits per heavy atom. The molecule has 1 unspecified atom stereocenters. The highest BCUT2D eigenvalue weighted by atomic mass is 19.1. The maximum atomic E-state index is 13.7. The fourth-order valence-electron chi connectivity index (χ4n) is 3.32.